The number of ether oxygens (including phenoxy) is 2. The summed E-state index contributed by atoms with van der Waals surface area (Å²) in [6.45, 7) is 19.2. The van der Waals surface area contributed by atoms with Gasteiger partial charge < -0.3 is 19.7 Å². The van der Waals surface area contributed by atoms with Crippen molar-refractivity contribution in [3.8, 4) is 11.1 Å². The van der Waals surface area contributed by atoms with Gasteiger partial charge >= 0.3 is 6.09 Å². The molecule has 3 heterocycles. The van der Waals surface area contributed by atoms with Crippen LogP contribution in [0.4, 0.5) is 10.6 Å². The molecule has 0 saturated carbocycles. The van der Waals surface area contributed by atoms with Gasteiger partial charge in [0.25, 0.3) is 0 Å². The van der Waals surface area contributed by atoms with Gasteiger partial charge in [-0.05, 0) is 59.6 Å². The number of nitrogens with one attached hydrogen (secondary N) is 1. The highest BCUT2D eigenvalue weighted by Crippen LogP contribution is 2.41. The average Bonchev–Trinajstić information content (AvgIpc) is 3.26. The molecule has 224 valence electrons. The van der Waals surface area contributed by atoms with Crippen LogP contribution in [0.15, 0.2) is 24.4 Å². The van der Waals surface area contributed by atoms with Gasteiger partial charge in [-0.25, -0.2) is 14.5 Å². The fourth-order valence-corrected chi connectivity index (χ4v) is 6.19. The van der Waals surface area contributed by atoms with Crippen molar-refractivity contribution in [2.75, 3.05) is 24.6 Å². The number of benzene rings is 1. The molecule has 11 heteroatoms. The van der Waals surface area contributed by atoms with Crippen LogP contribution in [0.5, 0.6) is 0 Å². The lowest BCUT2D eigenvalue weighted by Gasteiger charge is -2.40. The minimum Gasteiger partial charge on any atom is -0.444 e. The second-order valence-corrected chi connectivity index (χ2v) is 19.8. The van der Waals surface area contributed by atoms with Crippen molar-refractivity contribution in [1.29, 1.82) is 0 Å². The summed E-state index contributed by atoms with van der Waals surface area (Å²) >= 11 is 13.2. The van der Waals surface area contributed by atoms with Crippen molar-refractivity contribution in [2.24, 2.45) is 0 Å². The molecular formula is C30H43Cl2N5O3Si. The first kappa shape index (κ1) is 31.6. The molecule has 0 atom stereocenters. The van der Waals surface area contributed by atoms with Crippen molar-refractivity contribution >= 4 is 54.1 Å². The van der Waals surface area contributed by atoms with Crippen LogP contribution < -0.4 is 10.2 Å². The Morgan fingerprint density at radius 2 is 1.85 bits per heavy atom. The number of piperidine rings is 1. The number of rotatable bonds is 8. The molecule has 3 aromatic rings. The number of anilines is 1. The van der Waals surface area contributed by atoms with Crippen LogP contribution in [0, 0.1) is 6.92 Å². The minimum atomic E-state index is -1.22. The monoisotopic (exact) mass is 619 g/mol. The Hall–Kier alpha value is -2.33. The van der Waals surface area contributed by atoms with Crippen LogP contribution in [-0.2, 0) is 16.2 Å². The van der Waals surface area contributed by atoms with Crippen LogP contribution in [0.2, 0.25) is 35.7 Å². The number of pyridine rings is 1. The molecule has 0 aliphatic carbocycles. The number of nitrogens with zero attached hydrogens (tertiary/aromatic N) is 4. The summed E-state index contributed by atoms with van der Waals surface area (Å²) in [6.07, 6.45) is 2.99. The Balaban J connectivity index is 1.66. The maximum absolute atomic E-state index is 12.5. The molecule has 1 aliphatic rings. The number of amides is 1. The number of alkyl carbamates (subject to hydrolysis) is 1. The number of carbonyl (C=O) groups excluding carboxylic acids is 1. The topological polar surface area (TPSA) is 81.5 Å². The van der Waals surface area contributed by atoms with E-state index in [4.69, 9.17) is 42.8 Å². The number of halogens is 2. The zero-order chi connectivity index (χ0) is 30.2. The number of hydrogen-bond donors (Lipinski definition) is 1. The predicted molar refractivity (Wildman–Crippen MR) is 171 cm³/mol. The number of hydrogen-bond acceptors (Lipinski definition) is 6. The fraction of sp³-hybridized carbons (Fsp3) is 0.567. The van der Waals surface area contributed by atoms with Crippen molar-refractivity contribution in [3.05, 3.63) is 40.1 Å². The molecular weight excluding hydrogens is 577 g/mol. The van der Waals surface area contributed by atoms with Gasteiger partial charge in [-0.3, -0.25) is 0 Å². The van der Waals surface area contributed by atoms with E-state index in [2.05, 4.69) is 36.8 Å². The molecule has 0 unspecified atom stereocenters. The van der Waals surface area contributed by atoms with Crippen molar-refractivity contribution < 1.29 is 14.3 Å². The number of aryl methyl sites for hydroxylation is 1. The van der Waals surface area contributed by atoms with Crippen LogP contribution in [0.25, 0.3) is 22.0 Å². The number of carbonyl (C=O) groups is 1. The summed E-state index contributed by atoms with van der Waals surface area (Å²) < 4.78 is 13.5. The van der Waals surface area contributed by atoms with E-state index in [1.807, 2.05) is 50.7 Å². The van der Waals surface area contributed by atoms with Crippen LogP contribution in [0.3, 0.4) is 0 Å². The highest BCUT2D eigenvalue weighted by Gasteiger charge is 2.34. The summed E-state index contributed by atoms with van der Waals surface area (Å²) in [5.74, 6) is 0.868. The van der Waals surface area contributed by atoms with Gasteiger partial charge in [0.1, 0.15) is 18.1 Å². The Labute approximate surface area is 254 Å². The van der Waals surface area contributed by atoms with Crippen molar-refractivity contribution in [2.45, 2.75) is 91.0 Å². The maximum Gasteiger partial charge on any atom is 0.408 e. The van der Waals surface area contributed by atoms with Gasteiger partial charge in [0.15, 0.2) is 0 Å². The molecule has 1 N–H and O–H groups in total. The highest BCUT2D eigenvalue weighted by molar-refractivity contribution is 6.76. The lowest BCUT2D eigenvalue weighted by molar-refractivity contribution is 0.0448. The molecule has 1 saturated heterocycles. The lowest BCUT2D eigenvalue weighted by Crippen LogP contribution is -2.54. The fourth-order valence-electron chi connectivity index (χ4n) is 5.03. The van der Waals surface area contributed by atoms with Crippen molar-refractivity contribution in [3.63, 3.8) is 0 Å². The van der Waals surface area contributed by atoms with Crippen LogP contribution in [0.1, 0.15) is 46.2 Å². The zero-order valence-corrected chi connectivity index (χ0v) is 28.0. The third-order valence-electron chi connectivity index (χ3n) is 7.35. The number of fused-ring (bicyclic) bond motifs is 1. The predicted octanol–water partition coefficient (Wildman–Crippen LogP) is 7.91. The van der Waals surface area contributed by atoms with Gasteiger partial charge in [-0.1, -0.05) is 55.0 Å². The third-order valence-corrected chi connectivity index (χ3v) is 9.88. The molecule has 8 nitrogen and oxygen atoms in total. The first-order valence-corrected chi connectivity index (χ1v) is 18.7. The summed E-state index contributed by atoms with van der Waals surface area (Å²) in [7, 11) is -1.22. The SMILES string of the molecule is Cc1nc(N2CCC(C)(NC(=O)OC(C)(C)C)CC2)c2cnn(COCC[Si](C)(C)C)c2c1-c1cccc(Cl)c1Cl. The Morgan fingerprint density at radius 3 is 2.49 bits per heavy atom. The summed E-state index contributed by atoms with van der Waals surface area (Å²) in [5.41, 5.74) is 2.56. The van der Waals surface area contributed by atoms with Gasteiger partial charge in [0.2, 0.25) is 0 Å². The average molecular weight is 621 g/mol. The van der Waals surface area contributed by atoms with E-state index in [0.29, 0.717) is 23.4 Å². The Kier molecular flexibility index (Phi) is 9.33. The maximum atomic E-state index is 12.5. The zero-order valence-electron chi connectivity index (χ0n) is 25.5. The van der Waals surface area contributed by atoms with E-state index in [9.17, 15) is 4.79 Å². The molecule has 1 amide bonds. The Bertz CT molecular complexity index is 1410. The van der Waals surface area contributed by atoms with E-state index in [-0.39, 0.29) is 11.6 Å². The molecule has 1 aliphatic heterocycles. The number of aromatic nitrogens is 3. The van der Waals surface area contributed by atoms with Crippen LogP contribution in [-0.4, -0.2) is 59.8 Å². The summed E-state index contributed by atoms with van der Waals surface area (Å²) in [6, 6.07) is 6.73. The second-order valence-electron chi connectivity index (χ2n) is 13.4. The molecule has 0 spiro atoms. The normalized spacial score (nSPS) is 15.8. The first-order chi connectivity index (χ1) is 19.1. The molecule has 2 aromatic heterocycles. The smallest absolute Gasteiger partial charge is 0.408 e. The molecule has 41 heavy (non-hydrogen) atoms. The van der Waals surface area contributed by atoms with Gasteiger partial charge in [-0.15, -0.1) is 0 Å². The molecule has 4 rings (SSSR count). The standard InChI is InChI=1S/C30H43Cl2N5O3Si/c1-20-24(21-10-9-11-23(31)25(21)32)26-22(18-33-37(26)19-39-16-17-41(6,7)8)27(34-20)36-14-12-30(5,13-15-36)35-28(38)40-29(2,3)4/h9-11,18H,12-17,19H2,1-8H3,(H,35,38). The molecule has 1 aromatic carbocycles. The van der Waals surface area contributed by atoms with Crippen molar-refractivity contribution in [1.82, 2.24) is 20.1 Å². The Morgan fingerprint density at radius 1 is 1.17 bits per heavy atom. The summed E-state index contributed by atoms with van der Waals surface area (Å²) in [4.78, 5) is 19.9. The lowest BCUT2D eigenvalue weighted by atomic mass is 9.89. The third kappa shape index (κ3) is 7.74. The van der Waals surface area contributed by atoms with Gasteiger partial charge in [0.05, 0.1) is 27.1 Å². The molecule has 0 bridgehead atoms. The highest BCUT2D eigenvalue weighted by atomic mass is 35.5. The van der Waals surface area contributed by atoms with Gasteiger partial charge in [-0.2, -0.15) is 5.10 Å². The summed E-state index contributed by atoms with van der Waals surface area (Å²) in [5, 5.41) is 9.75. The van der Waals surface area contributed by atoms with Crippen LogP contribution >= 0.6 is 23.2 Å². The van der Waals surface area contributed by atoms with E-state index in [0.717, 1.165) is 65.5 Å². The van der Waals surface area contributed by atoms with E-state index in [1.54, 1.807) is 6.07 Å². The largest absolute Gasteiger partial charge is 0.444 e. The molecule has 0 radical (unpaired) electrons. The van der Waals surface area contributed by atoms with E-state index < -0.39 is 13.7 Å². The minimum absolute atomic E-state index is 0.333. The van der Waals surface area contributed by atoms with E-state index in [1.165, 1.54) is 0 Å². The molecule has 1 fully saturated rings. The second kappa shape index (κ2) is 12.1. The van der Waals surface area contributed by atoms with E-state index >= 15 is 0 Å². The quantitative estimate of drug-likeness (QED) is 0.204. The van der Waals surface area contributed by atoms with Gasteiger partial charge in [0, 0.05) is 50.1 Å². The first-order valence-electron chi connectivity index (χ1n) is 14.2.